The van der Waals surface area contributed by atoms with Crippen LogP contribution >= 0.6 is 0 Å². The van der Waals surface area contributed by atoms with Gasteiger partial charge in [-0.3, -0.25) is 0 Å². The summed E-state index contributed by atoms with van der Waals surface area (Å²) in [4.78, 5) is 17.6. The Morgan fingerprint density at radius 3 is 2.67 bits per heavy atom. The zero-order chi connectivity index (χ0) is 19.2. The lowest BCUT2D eigenvalue weighted by molar-refractivity contribution is 0.629. The molecular weight excluding hydrogens is 343 g/mol. The maximum Gasteiger partial charge on any atom is 0.233 e. The molecule has 0 aliphatic rings. The van der Waals surface area contributed by atoms with Crippen molar-refractivity contribution in [3.05, 3.63) is 54.0 Å². The van der Waals surface area contributed by atoms with E-state index in [9.17, 15) is 4.39 Å². The van der Waals surface area contributed by atoms with E-state index < -0.39 is 5.82 Å². The first kappa shape index (κ1) is 18.1. The molecule has 0 atom stereocenters. The first-order valence-corrected chi connectivity index (χ1v) is 8.32. The Labute approximate surface area is 157 Å². The van der Waals surface area contributed by atoms with Crippen LogP contribution in [-0.2, 0) is 0 Å². The zero-order valence-electron chi connectivity index (χ0n) is 15.1. The molecule has 2 heterocycles. The van der Waals surface area contributed by atoms with Gasteiger partial charge in [-0.05, 0) is 44.9 Å². The standard InChI is InChI=1S/C20H17FN6/c1-4-7-15-9-6-11-17(23-15)18-25-19(22-13(2)3)27-20(26-18)24-16-10-5-8-14(21)12-16/h6,8-9,11-13H,1-3H3,(H2,22,24,25,26,27). The Morgan fingerprint density at radius 2 is 1.93 bits per heavy atom. The van der Waals surface area contributed by atoms with Gasteiger partial charge >= 0.3 is 0 Å². The SMILES string of the molecule is CC#Cc1cccc(-c2nc(Nc3c#ccc(F)c3)nc(NC(C)C)n2)n1. The molecule has 0 fully saturated rings. The van der Waals surface area contributed by atoms with Crippen molar-refractivity contribution in [2.24, 2.45) is 0 Å². The molecule has 0 saturated heterocycles. The molecule has 2 aromatic heterocycles. The Bertz CT molecular complexity index is 1010. The number of anilines is 3. The van der Waals surface area contributed by atoms with Gasteiger partial charge in [0.15, 0.2) is 5.82 Å². The summed E-state index contributed by atoms with van der Waals surface area (Å²) in [5.41, 5.74) is 1.54. The van der Waals surface area contributed by atoms with E-state index in [-0.39, 0.29) is 12.0 Å². The smallest absolute Gasteiger partial charge is 0.233 e. The summed E-state index contributed by atoms with van der Waals surface area (Å²) < 4.78 is 13.4. The fourth-order valence-electron chi connectivity index (χ4n) is 2.21. The van der Waals surface area contributed by atoms with Crippen molar-refractivity contribution in [2.45, 2.75) is 26.8 Å². The highest BCUT2D eigenvalue weighted by atomic mass is 19.1. The van der Waals surface area contributed by atoms with Crippen molar-refractivity contribution >= 4 is 17.6 Å². The first-order chi connectivity index (χ1) is 13.0. The van der Waals surface area contributed by atoms with Crippen LogP contribution in [-0.4, -0.2) is 26.0 Å². The Balaban J connectivity index is 2.02. The highest BCUT2D eigenvalue weighted by Crippen LogP contribution is 2.19. The summed E-state index contributed by atoms with van der Waals surface area (Å²) in [6.45, 7) is 5.69. The number of hydrogen-bond acceptors (Lipinski definition) is 6. The molecular formula is C20H17FN6. The summed E-state index contributed by atoms with van der Waals surface area (Å²) in [6, 6.07) is 13.4. The van der Waals surface area contributed by atoms with Crippen LogP contribution in [0.2, 0.25) is 0 Å². The first-order valence-electron chi connectivity index (χ1n) is 8.32. The number of nitrogens with zero attached hydrogens (tertiary/aromatic N) is 4. The van der Waals surface area contributed by atoms with Crippen molar-refractivity contribution in [2.75, 3.05) is 10.6 Å². The monoisotopic (exact) mass is 360 g/mol. The molecule has 0 saturated carbocycles. The number of halogens is 1. The van der Waals surface area contributed by atoms with Crippen molar-refractivity contribution in [1.29, 1.82) is 0 Å². The lowest BCUT2D eigenvalue weighted by Crippen LogP contribution is -2.14. The number of hydrogen-bond donors (Lipinski definition) is 2. The topological polar surface area (TPSA) is 75.6 Å². The van der Waals surface area contributed by atoms with Crippen LogP contribution in [0.25, 0.3) is 11.5 Å². The van der Waals surface area contributed by atoms with Gasteiger partial charge in [0, 0.05) is 18.2 Å². The van der Waals surface area contributed by atoms with Gasteiger partial charge in [-0.2, -0.15) is 15.0 Å². The van der Waals surface area contributed by atoms with E-state index in [1.54, 1.807) is 13.0 Å². The predicted molar refractivity (Wildman–Crippen MR) is 102 cm³/mol. The Morgan fingerprint density at radius 1 is 1.11 bits per heavy atom. The summed E-state index contributed by atoms with van der Waals surface area (Å²) in [5, 5.41) is 6.07. The third-order valence-electron chi connectivity index (χ3n) is 3.23. The van der Waals surface area contributed by atoms with Crippen LogP contribution in [0.15, 0.2) is 30.3 Å². The lowest BCUT2D eigenvalue weighted by Gasteiger charge is -2.11. The molecule has 7 heteroatoms. The van der Waals surface area contributed by atoms with E-state index in [0.29, 0.717) is 28.8 Å². The number of nitrogens with one attached hydrogen (secondary N) is 2. The molecule has 134 valence electrons. The van der Waals surface area contributed by atoms with Crippen LogP contribution in [0.1, 0.15) is 26.5 Å². The van der Waals surface area contributed by atoms with Gasteiger partial charge in [-0.15, -0.1) is 0 Å². The highest BCUT2D eigenvalue weighted by Gasteiger charge is 2.11. The molecule has 3 rings (SSSR count). The molecule has 0 spiro atoms. The van der Waals surface area contributed by atoms with Gasteiger partial charge in [-0.1, -0.05) is 18.1 Å². The summed E-state index contributed by atoms with van der Waals surface area (Å²) in [5.74, 6) is 6.29. The van der Waals surface area contributed by atoms with Crippen molar-refractivity contribution in [1.82, 2.24) is 19.9 Å². The second-order valence-corrected chi connectivity index (χ2v) is 5.87. The molecule has 2 N–H and O–H groups in total. The minimum Gasteiger partial charge on any atom is -0.352 e. The number of aromatic nitrogens is 4. The molecule has 0 amide bonds. The van der Waals surface area contributed by atoms with Crippen LogP contribution in [0, 0.1) is 29.8 Å². The van der Waals surface area contributed by atoms with Gasteiger partial charge in [-0.25, -0.2) is 9.37 Å². The minimum absolute atomic E-state index is 0.118. The van der Waals surface area contributed by atoms with E-state index in [1.807, 2.05) is 26.0 Å². The van der Waals surface area contributed by atoms with E-state index >= 15 is 0 Å². The minimum atomic E-state index is -0.432. The molecule has 6 nitrogen and oxygen atoms in total. The number of rotatable bonds is 5. The molecule has 1 aromatic carbocycles. The van der Waals surface area contributed by atoms with Gasteiger partial charge in [0.25, 0.3) is 0 Å². The normalized spacial score (nSPS) is 9.96. The van der Waals surface area contributed by atoms with Crippen LogP contribution in [0.4, 0.5) is 22.0 Å². The maximum absolute atomic E-state index is 13.4. The zero-order valence-corrected chi connectivity index (χ0v) is 15.1. The Kier molecular flexibility index (Phi) is 5.44. The summed E-state index contributed by atoms with van der Waals surface area (Å²) in [7, 11) is 0. The second kappa shape index (κ2) is 8.11. The van der Waals surface area contributed by atoms with E-state index in [4.69, 9.17) is 0 Å². The average Bonchev–Trinajstić information content (AvgIpc) is 2.61. The number of pyridine rings is 1. The van der Waals surface area contributed by atoms with Crippen LogP contribution in [0.5, 0.6) is 0 Å². The largest absolute Gasteiger partial charge is 0.352 e. The molecule has 0 aliphatic heterocycles. The third kappa shape index (κ3) is 4.90. The summed E-state index contributed by atoms with van der Waals surface area (Å²) in [6.07, 6.45) is 0. The summed E-state index contributed by atoms with van der Waals surface area (Å²) >= 11 is 0. The van der Waals surface area contributed by atoms with Crippen molar-refractivity contribution < 1.29 is 4.39 Å². The van der Waals surface area contributed by atoms with Crippen LogP contribution < -0.4 is 10.6 Å². The molecule has 0 unspecified atom stereocenters. The van der Waals surface area contributed by atoms with Gasteiger partial charge in [0.2, 0.25) is 11.9 Å². The van der Waals surface area contributed by atoms with Crippen molar-refractivity contribution in [3.63, 3.8) is 0 Å². The quantitative estimate of drug-likeness (QED) is 0.677. The highest BCUT2D eigenvalue weighted by molar-refractivity contribution is 5.58. The van der Waals surface area contributed by atoms with Crippen LogP contribution in [0.3, 0.4) is 0 Å². The molecule has 0 aliphatic carbocycles. The van der Waals surface area contributed by atoms with Gasteiger partial charge in [0.05, 0.1) is 5.69 Å². The molecule has 0 radical (unpaired) electrons. The average molecular weight is 360 g/mol. The fraction of sp³-hybridized carbons (Fsp3) is 0.200. The van der Waals surface area contributed by atoms with E-state index in [0.717, 1.165) is 0 Å². The molecule has 27 heavy (non-hydrogen) atoms. The fourth-order valence-corrected chi connectivity index (χ4v) is 2.21. The Hall–Kier alpha value is -3.71. The van der Waals surface area contributed by atoms with Gasteiger partial charge in [0.1, 0.15) is 17.2 Å². The predicted octanol–water partition coefficient (Wildman–Crippen LogP) is 3.61. The maximum atomic E-state index is 13.4. The lowest BCUT2D eigenvalue weighted by atomic mass is 10.3. The second-order valence-electron chi connectivity index (χ2n) is 5.87. The molecule has 0 bridgehead atoms. The van der Waals surface area contributed by atoms with Gasteiger partial charge < -0.3 is 10.6 Å². The van der Waals surface area contributed by atoms with E-state index in [1.165, 1.54) is 12.1 Å². The molecule has 3 aromatic rings. The van der Waals surface area contributed by atoms with E-state index in [2.05, 4.69) is 54.5 Å². The third-order valence-corrected chi connectivity index (χ3v) is 3.23. The van der Waals surface area contributed by atoms with Crippen molar-refractivity contribution in [3.8, 4) is 23.4 Å².